The van der Waals surface area contributed by atoms with Gasteiger partial charge < -0.3 is 10.4 Å². The zero-order valence-corrected chi connectivity index (χ0v) is 9.94. The molecule has 1 aromatic heterocycles. The van der Waals surface area contributed by atoms with E-state index in [-0.39, 0.29) is 19.0 Å². The van der Waals surface area contributed by atoms with E-state index in [0.29, 0.717) is 10.8 Å². The molecule has 0 unspecified atom stereocenters. The molecule has 1 heterocycles. The lowest BCUT2D eigenvalue weighted by atomic mass is 10.4. The van der Waals surface area contributed by atoms with E-state index in [1.54, 1.807) is 19.2 Å². The zero-order chi connectivity index (χ0) is 12.8. The molecule has 0 radical (unpaired) electrons. The average Bonchev–Trinajstić information content (AvgIpc) is 2.19. The van der Waals surface area contributed by atoms with Gasteiger partial charge in [-0.2, -0.15) is 0 Å². The van der Waals surface area contributed by atoms with Crippen LogP contribution in [-0.4, -0.2) is 47.0 Å². The minimum absolute atomic E-state index is 0.0173. The van der Waals surface area contributed by atoms with E-state index in [4.69, 9.17) is 16.7 Å². The van der Waals surface area contributed by atoms with E-state index in [1.165, 1.54) is 11.1 Å². The first-order valence-electron chi connectivity index (χ1n) is 4.79. The summed E-state index contributed by atoms with van der Waals surface area (Å²) >= 11 is 5.64. The SMILES string of the molecule is CN(CC(=O)O)CC(=O)Nc1ccc(Cl)cn1. The Morgan fingerprint density at radius 2 is 2.18 bits per heavy atom. The molecule has 0 atom stereocenters. The number of halogens is 1. The third-order valence-electron chi connectivity index (χ3n) is 1.81. The summed E-state index contributed by atoms with van der Waals surface area (Å²) in [6.07, 6.45) is 1.41. The number of amides is 1. The first kappa shape index (κ1) is 13.4. The Labute approximate surface area is 103 Å². The van der Waals surface area contributed by atoms with Gasteiger partial charge in [0.05, 0.1) is 18.1 Å². The molecule has 0 bridgehead atoms. The first-order chi connectivity index (χ1) is 7.97. The van der Waals surface area contributed by atoms with Crippen LogP contribution in [-0.2, 0) is 9.59 Å². The lowest BCUT2D eigenvalue weighted by Gasteiger charge is -2.13. The van der Waals surface area contributed by atoms with Gasteiger partial charge in [0.15, 0.2) is 0 Å². The van der Waals surface area contributed by atoms with Crippen molar-refractivity contribution in [2.75, 3.05) is 25.5 Å². The highest BCUT2D eigenvalue weighted by molar-refractivity contribution is 6.30. The molecule has 1 rings (SSSR count). The summed E-state index contributed by atoms with van der Waals surface area (Å²) in [5.74, 6) is -0.934. The monoisotopic (exact) mass is 257 g/mol. The summed E-state index contributed by atoms with van der Waals surface area (Å²) in [7, 11) is 1.54. The van der Waals surface area contributed by atoms with Crippen LogP contribution >= 0.6 is 11.6 Å². The molecule has 0 spiro atoms. The number of nitrogens with zero attached hydrogens (tertiary/aromatic N) is 2. The predicted molar refractivity (Wildman–Crippen MR) is 63.0 cm³/mol. The van der Waals surface area contributed by atoms with Crippen molar-refractivity contribution < 1.29 is 14.7 Å². The number of aromatic nitrogens is 1. The number of nitrogens with one attached hydrogen (secondary N) is 1. The summed E-state index contributed by atoms with van der Waals surface area (Å²) in [6.45, 7) is -0.210. The van der Waals surface area contributed by atoms with Gasteiger partial charge in [-0.15, -0.1) is 0 Å². The van der Waals surface area contributed by atoms with Crippen LogP contribution in [0.2, 0.25) is 5.02 Å². The van der Waals surface area contributed by atoms with Gasteiger partial charge in [-0.05, 0) is 19.2 Å². The molecule has 7 heteroatoms. The fourth-order valence-electron chi connectivity index (χ4n) is 1.16. The molecule has 0 saturated carbocycles. The highest BCUT2D eigenvalue weighted by Gasteiger charge is 2.10. The number of hydrogen-bond donors (Lipinski definition) is 2. The summed E-state index contributed by atoms with van der Waals surface area (Å²) in [6, 6.07) is 3.17. The van der Waals surface area contributed by atoms with Crippen LogP contribution < -0.4 is 5.32 Å². The minimum Gasteiger partial charge on any atom is -0.480 e. The molecule has 0 aliphatic heterocycles. The number of rotatable bonds is 5. The number of pyridine rings is 1. The van der Waals surface area contributed by atoms with Gasteiger partial charge in [-0.25, -0.2) is 4.98 Å². The Morgan fingerprint density at radius 3 is 2.71 bits per heavy atom. The molecule has 0 aliphatic rings. The smallest absolute Gasteiger partial charge is 0.317 e. The Morgan fingerprint density at radius 1 is 1.47 bits per heavy atom. The number of hydrogen-bond acceptors (Lipinski definition) is 4. The quantitative estimate of drug-likeness (QED) is 0.811. The maximum atomic E-state index is 11.5. The molecule has 92 valence electrons. The lowest BCUT2D eigenvalue weighted by Crippen LogP contribution is -2.33. The van der Waals surface area contributed by atoms with Gasteiger partial charge in [0, 0.05) is 6.20 Å². The van der Waals surface area contributed by atoms with Gasteiger partial charge in [-0.3, -0.25) is 14.5 Å². The molecule has 1 amide bonds. The van der Waals surface area contributed by atoms with E-state index in [2.05, 4.69) is 10.3 Å². The Kier molecular flexibility index (Phi) is 4.86. The Balaban J connectivity index is 2.44. The van der Waals surface area contributed by atoms with Crippen LogP contribution in [0.4, 0.5) is 5.82 Å². The maximum absolute atomic E-state index is 11.5. The molecule has 0 aromatic carbocycles. The van der Waals surface area contributed by atoms with Crippen molar-refractivity contribution in [3.05, 3.63) is 23.4 Å². The third-order valence-corrected chi connectivity index (χ3v) is 2.04. The second-order valence-corrected chi connectivity index (χ2v) is 3.91. The van der Waals surface area contributed by atoms with Gasteiger partial charge in [0.25, 0.3) is 0 Å². The van der Waals surface area contributed by atoms with Crippen molar-refractivity contribution in [3.8, 4) is 0 Å². The van der Waals surface area contributed by atoms with Crippen molar-refractivity contribution >= 4 is 29.3 Å². The highest BCUT2D eigenvalue weighted by atomic mass is 35.5. The van der Waals surface area contributed by atoms with Crippen LogP contribution in [0.5, 0.6) is 0 Å². The van der Waals surface area contributed by atoms with Gasteiger partial charge in [0.1, 0.15) is 5.82 Å². The molecular weight excluding hydrogens is 246 g/mol. The fourth-order valence-corrected chi connectivity index (χ4v) is 1.28. The highest BCUT2D eigenvalue weighted by Crippen LogP contribution is 2.09. The summed E-state index contributed by atoms with van der Waals surface area (Å²) < 4.78 is 0. The van der Waals surface area contributed by atoms with Crippen LogP contribution in [0.25, 0.3) is 0 Å². The van der Waals surface area contributed by atoms with Crippen molar-refractivity contribution in [1.29, 1.82) is 0 Å². The second kappa shape index (κ2) is 6.17. The number of likely N-dealkylation sites (N-methyl/N-ethyl adjacent to an activating group) is 1. The molecule has 6 nitrogen and oxygen atoms in total. The van der Waals surface area contributed by atoms with Crippen molar-refractivity contribution in [2.24, 2.45) is 0 Å². The number of carbonyl (C=O) groups excluding carboxylic acids is 1. The van der Waals surface area contributed by atoms with Crippen LogP contribution in [0.3, 0.4) is 0 Å². The van der Waals surface area contributed by atoms with Gasteiger partial charge in [0.2, 0.25) is 5.91 Å². The average molecular weight is 258 g/mol. The molecule has 0 aliphatic carbocycles. The molecule has 0 saturated heterocycles. The number of aliphatic carboxylic acids is 1. The fraction of sp³-hybridized carbons (Fsp3) is 0.300. The second-order valence-electron chi connectivity index (χ2n) is 3.48. The van der Waals surface area contributed by atoms with Crippen molar-refractivity contribution in [2.45, 2.75) is 0 Å². The molecular formula is C10H12ClN3O3. The molecule has 0 fully saturated rings. The summed E-state index contributed by atoms with van der Waals surface area (Å²) in [5.41, 5.74) is 0. The molecule has 17 heavy (non-hydrogen) atoms. The normalized spacial score (nSPS) is 10.3. The van der Waals surface area contributed by atoms with E-state index in [1.807, 2.05) is 0 Å². The van der Waals surface area contributed by atoms with E-state index < -0.39 is 5.97 Å². The lowest BCUT2D eigenvalue weighted by molar-refractivity contribution is -0.138. The van der Waals surface area contributed by atoms with Crippen molar-refractivity contribution in [3.63, 3.8) is 0 Å². The van der Waals surface area contributed by atoms with E-state index >= 15 is 0 Å². The Bertz CT molecular complexity index is 408. The number of anilines is 1. The predicted octanol–water partition coefficient (Wildman–Crippen LogP) is 0.690. The zero-order valence-electron chi connectivity index (χ0n) is 9.18. The summed E-state index contributed by atoms with van der Waals surface area (Å²) in [5, 5.41) is 11.5. The molecule has 2 N–H and O–H groups in total. The Hall–Kier alpha value is -1.66. The number of carboxylic acid groups (broad SMARTS) is 1. The maximum Gasteiger partial charge on any atom is 0.317 e. The van der Waals surface area contributed by atoms with Crippen LogP contribution in [0.1, 0.15) is 0 Å². The standard InChI is InChI=1S/C10H12ClN3O3/c1-14(6-10(16)17)5-9(15)13-8-3-2-7(11)4-12-8/h2-4H,5-6H2,1H3,(H,16,17)(H,12,13,15). The number of carbonyl (C=O) groups is 2. The summed E-state index contributed by atoms with van der Waals surface area (Å²) in [4.78, 5) is 27.1. The minimum atomic E-state index is -0.982. The van der Waals surface area contributed by atoms with Gasteiger partial charge in [-0.1, -0.05) is 11.6 Å². The topological polar surface area (TPSA) is 82.5 Å². The first-order valence-corrected chi connectivity index (χ1v) is 5.17. The van der Waals surface area contributed by atoms with E-state index in [0.717, 1.165) is 0 Å². The largest absolute Gasteiger partial charge is 0.480 e. The van der Waals surface area contributed by atoms with Crippen LogP contribution in [0.15, 0.2) is 18.3 Å². The van der Waals surface area contributed by atoms with Crippen molar-refractivity contribution in [1.82, 2.24) is 9.88 Å². The van der Waals surface area contributed by atoms with Gasteiger partial charge >= 0.3 is 5.97 Å². The van der Waals surface area contributed by atoms with Crippen LogP contribution in [0, 0.1) is 0 Å². The number of carboxylic acids is 1. The van der Waals surface area contributed by atoms with E-state index in [9.17, 15) is 9.59 Å². The third kappa shape index (κ3) is 5.28. The molecule has 1 aromatic rings.